The Morgan fingerprint density at radius 2 is 2.11 bits per heavy atom. The summed E-state index contributed by atoms with van der Waals surface area (Å²) < 4.78 is 0. The first kappa shape index (κ1) is 14.3. The first-order valence-electron chi connectivity index (χ1n) is 5.36. The average Bonchev–Trinajstić information content (AvgIpc) is 2.27. The second kappa shape index (κ2) is 5.73. The number of halogens is 1. The van der Waals surface area contributed by atoms with Crippen LogP contribution in [0.4, 0.5) is 5.69 Å². The molecule has 3 N–H and O–H groups in total. The Kier molecular flexibility index (Phi) is 4.55. The standard InChI is InChI=1S/C12H15ClN2O3/c1-7(12(17)18)6-15(2)8-3-4-9(11(14)16)10(13)5-8/h3-5,7H,6H2,1-2H3,(H2,14,16)(H,17,18). The van der Waals surface area contributed by atoms with E-state index in [2.05, 4.69) is 0 Å². The Balaban J connectivity index is 2.88. The van der Waals surface area contributed by atoms with Gasteiger partial charge in [0.15, 0.2) is 0 Å². The Hall–Kier alpha value is -1.75. The van der Waals surface area contributed by atoms with Gasteiger partial charge in [-0.25, -0.2) is 0 Å². The molecule has 1 unspecified atom stereocenters. The minimum Gasteiger partial charge on any atom is -0.481 e. The maximum Gasteiger partial charge on any atom is 0.308 e. The number of nitrogens with zero attached hydrogens (tertiary/aromatic N) is 1. The van der Waals surface area contributed by atoms with Gasteiger partial charge in [-0.1, -0.05) is 18.5 Å². The van der Waals surface area contributed by atoms with Gasteiger partial charge in [-0.15, -0.1) is 0 Å². The van der Waals surface area contributed by atoms with Crippen molar-refractivity contribution in [1.82, 2.24) is 0 Å². The third-order valence-corrected chi connectivity index (χ3v) is 2.94. The molecule has 0 radical (unpaired) electrons. The van der Waals surface area contributed by atoms with E-state index in [0.717, 1.165) is 5.69 Å². The number of hydrogen-bond acceptors (Lipinski definition) is 3. The van der Waals surface area contributed by atoms with Gasteiger partial charge in [0.1, 0.15) is 0 Å². The van der Waals surface area contributed by atoms with Gasteiger partial charge in [0.2, 0.25) is 5.91 Å². The van der Waals surface area contributed by atoms with Gasteiger partial charge in [0.05, 0.1) is 16.5 Å². The summed E-state index contributed by atoms with van der Waals surface area (Å²) in [5.74, 6) is -1.94. The summed E-state index contributed by atoms with van der Waals surface area (Å²) in [5.41, 5.74) is 6.13. The summed E-state index contributed by atoms with van der Waals surface area (Å²) in [5, 5.41) is 9.09. The minimum atomic E-state index is -0.860. The predicted molar refractivity (Wildman–Crippen MR) is 70.0 cm³/mol. The Morgan fingerprint density at radius 3 is 2.56 bits per heavy atom. The molecule has 0 saturated carbocycles. The molecule has 18 heavy (non-hydrogen) atoms. The van der Waals surface area contributed by atoms with E-state index in [1.165, 1.54) is 6.07 Å². The number of carbonyl (C=O) groups excluding carboxylic acids is 1. The molecule has 6 heteroatoms. The van der Waals surface area contributed by atoms with Crippen molar-refractivity contribution >= 4 is 29.2 Å². The molecule has 98 valence electrons. The van der Waals surface area contributed by atoms with Crippen LogP contribution in [-0.2, 0) is 4.79 Å². The first-order chi connectivity index (χ1) is 8.32. The molecule has 0 aliphatic rings. The van der Waals surface area contributed by atoms with Crippen molar-refractivity contribution in [1.29, 1.82) is 0 Å². The van der Waals surface area contributed by atoms with E-state index in [4.69, 9.17) is 22.4 Å². The number of nitrogens with two attached hydrogens (primary N) is 1. The van der Waals surface area contributed by atoms with E-state index in [-0.39, 0.29) is 10.6 Å². The zero-order valence-corrected chi connectivity index (χ0v) is 10.9. The van der Waals surface area contributed by atoms with Crippen LogP contribution in [0.5, 0.6) is 0 Å². The fourth-order valence-corrected chi connectivity index (χ4v) is 1.80. The molecule has 0 aromatic heterocycles. The van der Waals surface area contributed by atoms with E-state index >= 15 is 0 Å². The molecule has 5 nitrogen and oxygen atoms in total. The number of hydrogen-bond donors (Lipinski definition) is 2. The summed E-state index contributed by atoms with van der Waals surface area (Å²) in [7, 11) is 1.76. The Morgan fingerprint density at radius 1 is 1.50 bits per heavy atom. The molecule has 1 rings (SSSR count). The van der Waals surface area contributed by atoms with Gasteiger partial charge >= 0.3 is 5.97 Å². The van der Waals surface area contributed by atoms with Crippen molar-refractivity contribution in [2.45, 2.75) is 6.92 Å². The first-order valence-corrected chi connectivity index (χ1v) is 5.74. The Labute approximate surface area is 110 Å². The highest BCUT2D eigenvalue weighted by Gasteiger charge is 2.15. The molecule has 1 amide bonds. The third-order valence-electron chi connectivity index (χ3n) is 2.63. The molecule has 0 spiro atoms. The number of carboxylic acid groups (broad SMARTS) is 1. The van der Waals surface area contributed by atoms with Crippen molar-refractivity contribution in [2.75, 3.05) is 18.5 Å². The summed E-state index contributed by atoms with van der Waals surface area (Å²) >= 11 is 5.92. The number of benzene rings is 1. The lowest BCUT2D eigenvalue weighted by Gasteiger charge is -2.22. The van der Waals surface area contributed by atoms with Crippen molar-refractivity contribution < 1.29 is 14.7 Å². The highest BCUT2D eigenvalue weighted by atomic mass is 35.5. The highest BCUT2D eigenvalue weighted by Crippen LogP contribution is 2.23. The molecule has 0 bridgehead atoms. The number of anilines is 1. The molecular weight excluding hydrogens is 256 g/mol. The lowest BCUT2D eigenvalue weighted by atomic mass is 10.1. The molecule has 0 fully saturated rings. The van der Waals surface area contributed by atoms with Gasteiger partial charge in [0.25, 0.3) is 0 Å². The van der Waals surface area contributed by atoms with Crippen molar-refractivity contribution in [2.24, 2.45) is 11.7 Å². The van der Waals surface area contributed by atoms with E-state index < -0.39 is 17.8 Å². The van der Waals surface area contributed by atoms with Crippen LogP contribution < -0.4 is 10.6 Å². The largest absolute Gasteiger partial charge is 0.481 e. The van der Waals surface area contributed by atoms with E-state index in [1.54, 1.807) is 31.0 Å². The normalized spacial score (nSPS) is 11.9. The smallest absolute Gasteiger partial charge is 0.308 e. The maximum atomic E-state index is 11.0. The van der Waals surface area contributed by atoms with Crippen LogP contribution in [0.25, 0.3) is 0 Å². The summed E-state index contributed by atoms with van der Waals surface area (Å²) in [6.07, 6.45) is 0. The second-order valence-electron chi connectivity index (χ2n) is 4.15. The monoisotopic (exact) mass is 270 g/mol. The highest BCUT2D eigenvalue weighted by molar-refractivity contribution is 6.34. The Bertz CT molecular complexity index is 476. The van der Waals surface area contributed by atoms with Crippen LogP contribution in [0.1, 0.15) is 17.3 Å². The van der Waals surface area contributed by atoms with Crippen molar-refractivity contribution in [3.63, 3.8) is 0 Å². The van der Waals surface area contributed by atoms with Gasteiger partial charge in [-0.3, -0.25) is 9.59 Å². The summed E-state index contributed by atoms with van der Waals surface area (Å²) in [6.45, 7) is 1.97. The van der Waals surface area contributed by atoms with Crippen LogP contribution in [0.15, 0.2) is 18.2 Å². The van der Waals surface area contributed by atoms with Gasteiger partial charge in [0, 0.05) is 19.3 Å². The van der Waals surface area contributed by atoms with Crippen LogP contribution in [-0.4, -0.2) is 30.6 Å². The minimum absolute atomic E-state index is 0.250. The molecule has 0 aliphatic carbocycles. The van der Waals surface area contributed by atoms with Gasteiger partial charge in [-0.05, 0) is 18.2 Å². The third kappa shape index (κ3) is 3.37. The van der Waals surface area contributed by atoms with Gasteiger partial charge < -0.3 is 15.7 Å². The fraction of sp³-hybridized carbons (Fsp3) is 0.333. The van der Waals surface area contributed by atoms with Gasteiger partial charge in [-0.2, -0.15) is 0 Å². The number of amides is 1. The number of rotatable bonds is 5. The fourth-order valence-electron chi connectivity index (χ4n) is 1.54. The van der Waals surface area contributed by atoms with E-state index in [0.29, 0.717) is 6.54 Å². The molecule has 0 aliphatic heterocycles. The average molecular weight is 271 g/mol. The topological polar surface area (TPSA) is 83.6 Å². The zero-order chi connectivity index (χ0) is 13.9. The summed E-state index contributed by atoms with van der Waals surface area (Å²) in [4.78, 5) is 23.5. The quantitative estimate of drug-likeness (QED) is 0.851. The predicted octanol–water partition coefficient (Wildman–Crippen LogP) is 1.60. The molecular formula is C12H15ClN2O3. The maximum absolute atomic E-state index is 11.0. The number of primary amides is 1. The molecule has 0 saturated heterocycles. The second-order valence-corrected chi connectivity index (χ2v) is 4.56. The molecule has 1 aromatic carbocycles. The lowest BCUT2D eigenvalue weighted by molar-refractivity contribution is -0.140. The van der Waals surface area contributed by atoms with Crippen molar-refractivity contribution in [3.05, 3.63) is 28.8 Å². The van der Waals surface area contributed by atoms with Crippen LogP contribution in [0, 0.1) is 5.92 Å². The summed E-state index contributed by atoms with van der Waals surface area (Å²) in [6, 6.07) is 4.80. The number of carboxylic acids is 1. The number of aliphatic carboxylic acids is 1. The van der Waals surface area contributed by atoms with Crippen LogP contribution in [0.2, 0.25) is 5.02 Å². The van der Waals surface area contributed by atoms with E-state index in [1.807, 2.05) is 0 Å². The van der Waals surface area contributed by atoms with Crippen LogP contribution in [0.3, 0.4) is 0 Å². The molecule has 1 aromatic rings. The van der Waals surface area contributed by atoms with Crippen molar-refractivity contribution in [3.8, 4) is 0 Å². The van der Waals surface area contributed by atoms with E-state index in [9.17, 15) is 9.59 Å². The SMILES string of the molecule is CC(CN(C)c1ccc(C(N)=O)c(Cl)c1)C(=O)O. The number of carbonyl (C=O) groups is 2. The van der Waals surface area contributed by atoms with Crippen LogP contribution >= 0.6 is 11.6 Å². The molecule has 0 heterocycles. The zero-order valence-electron chi connectivity index (χ0n) is 10.2. The lowest BCUT2D eigenvalue weighted by Crippen LogP contribution is -2.28. The molecule has 1 atom stereocenters.